The number of carbonyl (C=O) groups is 1. The minimum absolute atomic E-state index is 0.0778. The zero-order valence-corrected chi connectivity index (χ0v) is 17.8. The third-order valence-corrected chi connectivity index (χ3v) is 7.09. The Balaban J connectivity index is 1.82. The Bertz CT molecular complexity index is 1200. The molecule has 0 aliphatic heterocycles. The minimum atomic E-state index is -3.84. The van der Waals surface area contributed by atoms with Gasteiger partial charge < -0.3 is 14.2 Å². The summed E-state index contributed by atoms with van der Waals surface area (Å²) in [5.74, 6) is 0.623. The molecule has 0 radical (unpaired) electrons. The van der Waals surface area contributed by atoms with E-state index in [2.05, 4.69) is 0 Å². The molecular formula is C22H23NO6S. The summed E-state index contributed by atoms with van der Waals surface area (Å²) < 4.78 is 43.6. The van der Waals surface area contributed by atoms with Gasteiger partial charge in [-0.3, -0.25) is 4.79 Å². The van der Waals surface area contributed by atoms with E-state index < -0.39 is 10.0 Å². The second-order valence-electron chi connectivity index (χ2n) is 7.14. The van der Waals surface area contributed by atoms with Crippen LogP contribution in [0, 0.1) is 5.92 Å². The SMILES string of the molecule is CCOC(=O)[C@@H]1C[C@@H]1c1cn(S(=O)(=O)c2ccc(OC)cc2)c2ccc(OC)cc12. The molecule has 4 rings (SSSR count). The van der Waals surface area contributed by atoms with Crippen molar-refractivity contribution in [2.75, 3.05) is 20.8 Å². The molecule has 0 bridgehead atoms. The van der Waals surface area contributed by atoms with Gasteiger partial charge in [-0.1, -0.05) is 0 Å². The molecule has 1 heterocycles. The maximum absolute atomic E-state index is 13.4. The van der Waals surface area contributed by atoms with Crippen LogP contribution in [0.3, 0.4) is 0 Å². The second kappa shape index (κ2) is 7.68. The average molecular weight is 429 g/mol. The number of hydrogen-bond donors (Lipinski definition) is 0. The smallest absolute Gasteiger partial charge is 0.309 e. The van der Waals surface area contributed by atoms with Crippen molar-refractivity contribution in [2.45, 2.75) is 24.2 Å². The summed E-state index contributed by atoms with van der Waals surface area (Å²) >= 11 is 0. The highest BCUT2D eigenvalue weighted by molar-refractivity contribution is 7.90. The molecule has 0 amide bonds. The number of esters is 1. The van der Waals surface area contributed by atoms with Crippen LogP contribution in [0.15, 0.2) is 53.6 Å². The zero-order valence-electron chi connectivity index (χ0n) is 17.0. The van der Waals surface area contributed by atoms with Crippen LogP contribution in [0.2, 0.25) is 0 Å². The standard InChI is InChI=1S/C22H23NO6S/c1-4-29-22(24)19-12-17(19)20-13-23(21-10-7-15(28-3)11-18(20)21)30(25,26)16-8-5-14(27-2)6-9-16/h5-11,13,17,19H,4,12H2,1-3H3/t17-,19+/m0/s1. The van der Waals surface area contributed by atoms with Crippen molar-refractivity contribution in [2.24, 2.45) is 5.92 Å². The Morgan fingerprint density at radius 1 is 1.07 bits per heavy atom. The third-order valence-electron chi connectivity index (χ3n) is 5.40. The normalized spacial score (nSPS) is 18.2. The van der Waals surface area contributed by atoms with Crippen LogP contribution in [0.4, 0.5) is 0 Å². The second-order valence-corrected chi connectivity index (χ2v) is 8.96. The highest BCUT2D eigenvalue weighted by Gasteiger charge is 2.46. The first-order chi connectivity index (χ1) is 14.4. The van der Waals surface area contributed by atoms with E-state index in [0.717, 1.165) is 10.9 Å². The van der Waals surface area contributed by atoms with Gasteiger partial charge in [-0.2, -0.15) is 0 Å². The molecule has 3 aromatic rings. The Morgan fingerprint density at radius 2 is 1.73 bits per heavy atom. The molecule has 1 fully saturated rings. The van der Waals surface area contributed by atoms with Gasteiger partial charge in [0.15, 0.2) is 0 Å². The van der Waals surface area contributed by atoms with Crippen molar-refractivity contribution in [1.82, 2.24) is 3.97 Å². The molecule has 0 N–H and O–H groups in total. The number of carbonyl (C=O) groups excluding carboxylic acids is 1. The zero-order chi connectivity index (χ0) is 21.5. The average Bonchev–Trinajstić information content (AvgIpc) is 3.46. The molecule has 2 atom stereocenters. The lowest BCUT2D eigenvalue weighted by Gasteiger charge is -2.09. The lowest BCUT2D eigenvalue weighted by molar-refractivity contribution is -0.144. The molecule has 1 aliphatic rings. The fourth-order valence-corrected chi connectivity index (χ4v) is 5.11. The first kappa shape index (κ1) is 20.3. The number of methoxy groups -OCH3 is 2. The minimum Gasteiger partial charge on any atom is -0.497 e. The number of rotatable bonds is 7. The van der Waals surface area contributed by atoms with Gasteiger partial charge in [0, 0.05) is 17.5 Å². The summed E-state index contributed by atoms with van der Waals surface area (Å²) in [6, 6.07) is 11.5. The molecule has 1 saturated carbocycles. The van der Waals surface area contributed by atoms with Crippen LogP contribution in [0.25, 0.3) is 10.9 Å². The highest BCUT2D eigenvalue weighted by Crippen LogP contribution is 2.51. The van der Waals surface area contributed by atoms with Crippen molar-refractivity contribution in [1.29, 1.82) is 0 Å². The van der Waals surface area contributed by atoms with E-state index in [9.17, 15) is 13.2 Å². The van der Waals surface area contributed by atoms with E-state index in [-0.39, 0.29) is 22.7 Å². The van der Waals surface area contributed by atoms with Crippen molar-refractivity contribution >= 4 is 26.9 Å². The van der Waals surface area contributed by atoms with Crippen molar-refractivity contribution in [3.63, 3.8) is 0 Å². The predicted molar refractivity (Wildman–Crippen MR) is 112 cm³/mol. The van der Waals surface area contributed by atoms with Crippen LogP contribution in [-0.4, -0.2) is 39.2 Å². The fourth-order valence-electron chi connectivity index (χ4n) is 3.74. The summed E-state index contributed by atoms with van der Waals surface area (Å²) in [6.45, 7) is 2.09. The van der Waals surface area contributed by atoms with Crippen molar-refractivity contribution in [3.8, 4) is 11.5 Å². The van der Waals surface area contributed by atoms with E-state index in [0.29, 0.717) is 30.0 Å². The number of aromatic nitrogens is 1. The van der Waals surface area contributed by atoms with E-state index in [1.54, 1.807) is 44.5 Å². The molecule has 0 spiro atoms. The van der Waals surface area contributed by atoms with Gasteiger partial charge in [0.25, 0.3) is 10.0 Å². The van der Waals surface area contributed by atoms with Crippen LogP contribution >= 0.6 is 0 Å². The number of hydrogen-bond acceptors (Lipinski definition) is 6. The van der Waals surface area contributed by atoms with Gasteiger partial charge >= 0.3 is 5.97 Å². The first-order valence-corrected chi connectivity index (χ1v) is 11.1. The number of ether oxygens (including phenoxy) is 3. The summed E-state index contributed by atoms with van der Waals surface area (Å²) in [5.41, 5.74) is 1.34. The van der Waals surface area contributed by atoms with Gasteiger partial charge in [-0.15, -0.1) is 0 Å². The van der Waals surface area contributed by atoms with Crippen LogP contribution in [0.5, 0.6) is 11.5 Å². The van der Waals surface area contributed by atoms with E-state index in [4.69, 9.17) is 14.2 Å². The summed E-state index contributed by atoms with van der Waals surface area (Å²) in [5, 5.41) is 0.753. The third kappa shape index (κ3) is 3.41. The molecule has 158 valence electrons. The Morgan fingerprint density at radius 3 is 2.37 bits per heavy atom. The lowest BCUT2D eigenvalue weighted by atomic mass is 10.1. The van der Waals surface area contributed by atoms with Gasteiger partial charge in [-0.25, -0.2) is 12.4 Å². The van der Waals surface area contributed by atoms with Crippen LogP contribution < -0.4 is 9.47 Å². The Labute approximate surface area is 175 Å². The number of fused-ring (bicyclic) bond motifs is 1. The summed E-state index contributed by atoms with van der Waals surface area (Å²) in [4.78, 5) is 12.3. The van der Waals surface area contributed by atoms with Crippen molar-refractivity contribution < 1.29 is 27.4 Å². The Hall–Kier alpha value is -3.00. The summed E-state index contributed by atoms with van der Waals surface area (Å²) in [6.07, 6.45) is 2.26. The van der Waals surface area contributed by atoms with Crippen molar-refractivity contribution in [3.05, 3.63) is 54.2 Å². The molecule has 1 aromatic heterocycles. The maximum Gasteiger partial charge on any atom is 0.309 e. The molecule has 2 aromatic carbocycles. The monoisotopic (exact) mass is 429 g/mol. The largest absolute Gasteiger partial charge is 0.497 e. The van der Waals surface area contributed by atoms with E-state index in [1.165, 1.54) is 23.2 Å². The fraction of sp³-hybridized carbons (Fsp3) is 0.318. The van der Waals surface area contributed by atoms with E-state index in [1.807, 2.05) is 6.07 Å². The van der Waals surface area contributed by atoms with Gasteiger partial charge in [-0.05, 0) is 61.4 Å². The molecular weight excluding hydrogens is 406 g/mol. The molecule has 30 heavy (non-hydrogen) atoms. The molecule has 0 unspecified atom stereocenters. The quantitative estimate of drug-likeness (QED) is 0.534. The van der Waals surface area contributed by atoms with Crippen LogP contribution in [-0.2, 0) is 19.6 Å². The lowest BCUT2D eigenvalue weighted by Crippen LogP contribution is -2.12. The van der Waals surface area contributed by atoms with Gasteiger partial charge in [0.2, 0.25) is 0 Å². The molecule has 8 heteroatoms. The van der Waals surface area contributed by atoms with Gasteiger partial charge in [0.05, 0.1) is 37.2 Å². The maximum atomic E-state index is 13.4. The molecule has 0 saturated heterocycles. The van der Waals surface area contributed by atoms with Gasteiger partial charge in [0.1, 0.15) is 11.5 Å². The summed E-state index contributed by atoms with van der Waals surface area (Å²) in [7, 11) is -0.753. The highest BCUT2D eigenvalue weighted by atomic mass is 32.2. The predicted octanol–water partition coefficient (Wildman–Crippen LogP) is 3.56. The Kier molecular flexibility index (Phi) is 5.19. The molecule has 7 nitrogen and oxygen atoms in total. The van der Waals surface area contributed by atoms with Crippen LogP contribution in [0.1, 0.15) is 24.8 Å². The topological polar surface area (TPSA) is 83.8 Å². The number of benzene rings is 2. The number of nitrogens with zero attached hydrogens (tertiary/aromatic N) is 1. The van der Waals surface area contributed by atoms with E-state index >= 15 is 0 Å². The first-order valence-electron chi connectivity index (χ1n) is 9.66. The molecule has 1 aliphatic carbocycles.